The van der Waals surface area contributed by atoms with Crippen molar-refractivity contribution in [2.45, 2.75) is 19.5 Å². The molecule has 1 aliphatic rings. The van der Waals surface area contributed by atoms with Gasteiger partial charge in [0.1, 0.15) is 11.8 Å². The molecule has 2 aromatic heterocycles. The molecule has 0 saturated carbocycles. The minimum absolute atomic E-state index is 0.0824. The van der Waals surface area contributed by atoms with E-state index < -0.39 is 0 Å². The number of rotatable bonds is 5. The lowest BCUT2D eigenvalue weighted by Crippen LogP contribution is -2.45. The van der Waals surface area contributed by atoms with Crippen molar-refractivity contribution in [3.8, 4) is 0 Å². The molecule has 0 unspecified atom stereocenters. The Bertz CT molecular complexity index is 746. The second kappa shape index (κ2) is 7.43. The summed E-state index contributed by atoms with van der Waals surface area (Å²) in [5.74, 6) is -0.673. The molecular formula is C17H21N5O3. The molecule has 2 aromatic rings. The van der Waals surface area contributed by atoms with Crippen molar-refractivity contribution in [2.24, 2.45) is 5.92 Å². The summed E-state index contributed by atoms with van der Waals surface area (Å²) in [4.78, 5) is 30.9. The van der Waals surface area contributed by atoms with Crippen LogP contribution in [0.2, 0.25) is 0 Å². The van der Waals surface area contributed by atoms with Crippen LogP contribution in [0.3, 0.4) is 0 Å². The highest BCUT2D eigenvalue weighted by Crippen LogP contribution is 2.20. The number of carbonyl (C=O) groups excluding carboxylic acids is 2. The molecule has 1 aliphatic heterocycles. The third-order valence-electron chi connectivity index (χ3n) is 4.42. The standard InChI is InChI=1S/C17H21N5O3/c1-11-14(10-25-21-11)17(24)20-15-9-22(8-13(15)16(23)18-2)7-12-4-3-5-19-6-12/h3-6,10,13,15H,7-9H2,1-2H3,(H,18,23)(H,20,24)/t13-,15-/m0/s1. The van der Waals surface area contributed by atoms with Gasteiger partial charge in [0.25, 0.3) is 5.91 Å². The van der Waals surface area contributed by atoms with Crippen LogP contribution in [0.25, 0.3) is 0 Å². The van der Waals surface area contributed by atoms with Crippen LogP contribution in [-0.4, -0.2) is 53.0 Å². The van der Waals surface area contributed by atoms with E-state index in [2.05, 4.69) is 25.7 Å². The number of nitrogens with zero attached hydrogens (tertiary/aromatic N) is 3. The molecule has 25 heavy (non-hydrogen) atoms. The molecule has 2 N–H and O–H groups in total. The third kappa shape index (κ3) is 3.85. The summed E-state index contributed by atoms with van der Waals surface area (Å²) in [6.07, 6.45) is 4.86. The Kier molecular flexibility index (Phi) is 5.08. The molecule has 0 spiro atoms. The van der Waals surface area contributed by atoms with E-state index >= 15 is 0 Å². The zero-order valence-electron chi connectivity index (χ0n) is 14.2. The van der Waals surface area contributed by atoms with E-state index in [1.807, 2.05) is 12.1 Å². The fraction of sp³-hybridized carbons (Fsp3) is 0.412. The molecule has 8 heteroatoms. The van der Waals surface area contributed by atoms with Crippen molar-refractivity contribution in [2.75, 3.05) is 20.1 Å². The second-order valence-electron chi connectivity index (χ2n) is 6.17. The Morgan fingerprint density at radius 1 is 1.40 bits per heavy atom. The van der Waals surface area contributed by atoms with Crippen LogP contribution < -0.4 is 10.6 Å². The molecule has 2 amide bonds. The van der Waals surface area contributed by atoms with Gasteiger partial charge in [0.15, 0.2) is 0 Å². The fourth-order valence-corrected chi connectivity index (χ4v) is 3.12. The van der Waals surface area contributed by atoms with E-state index in [4.69, 9.17) is 4.52 Å². The molecule has 0 radical (unpaired) electrons. The molecule has 3 heterocycles. The molecule has 3 rings (SSSR count). The highest BCUT2D eigenvalue weighted by atomic mass is 16.5. The van der Waals surface area contributed by atoms with Crippen molar-refractivity contribution in [1.82, 2.24) is 25.7 Å². The molecule has 1 fully saturated rings. The van der Waals surface area contributed by atoms with Crippen molar-refractivity contribution in [3.63, 3.8) is 0 Å². The highest BCUT2D eigenvalue weighted by Gasteiger charge is 2.38. The second-order valence-corrected chi connectivity index (χ2v) is 6.17. The Hall–Kier alpha value is -2.74. The monoisotopic (exact) mass is 343 g/mol. The zero-order valence-corrected chi connectivity index (χ0v) is 14.2. The molecule has 0 aliphatic carbocycles. The fourth-order valence-electron chi connectivity index (χ4n) is 3.12. The van der Waals surface area contributed by atoms with Crippen LogP contribution in [0.5, 0.6) is 0 Å². The lowest BCUT2D eigenvalue weighted by molar-refractivity contribution is -0.124. The number of aromatic nitrogens is 2. The van der Waals surface area contributed by atoms with Crippen molar-refractivity contribution < 1.29 is 14.1 Å². The minimum atomic E-state index is -0.314. The maximum absolute atomic E-state index is 12.4. The number of aryl methyl sites for hydroxylation is 1. The van der Waals surface area contributed by atoms with Gasteiger partial charge in [-0.05, 0) is 18.6 Å². The quantitative estimate of drug-likeness (QED) is 0.813. The summed E-state index contributed by atoms with van der Waals surface area (Å²) in [7, 11) is 1.61. The van der Waals surface area contributed by atoms with E-state index in [1.165, 1.54) is 6.26 Å². The van der Waals surface area contributed by atoms with Gasteiger partial charge in [-0.3, -0.25) is 19.5 Å². The number of nitrogens with one attached hydrogen (secondary N) is 2. The average Bonchev–Trinajstić information content (AvgIpc) is 3.21. The van der Waals surface area contributed by atoms with Crippen molar-refractivity contribution in [3.05, 3.63) is 47.6 Å². The largest absolute Gasteiger partial charge is 0.364 e. The van der Waals surface area contributed by atoms with Crippen molar-refractivity contribution in [1.29, 1.82) is 0 Å². The highest BCUT2D eigenvalue weighted by molar-refractivity contribution is 5.95. The van der Waals surface area contributed by atoms with E-state index in [-0.39, 0.29) is 23.8 Å². The topological polar surface area (TPSA) is 100 Å². The third-order valence-corrected chi connectivity index (χ3v) is 4.42. The normalized spacial score (nSPS) is 20.4. The molecule has 0 aromatic carbocycles. The van der Waals surface area contributed by atoms with Gasteiger partial charge in [-0.25, -0.2) is 0 Å². The number of amides is 2. The van der Waals surface area contributed by atoms with E-state index in [0.717, 1.165) is 5.56 Å². The van der Waals surface area contributed by atoms with Gasteiger partial charge in [0, 0.05) is 39.1 Å². The summed E-state index contributed by atoms with van der Waals surface area (Å²) in [6.45, 7) is 3.54. The summed E-state index contributed by atoms with van der Waals surface area (Å²) in [5.41, 5.74) is 1.99. The Labute approximate surface area is 145 Å². The molecule has 0 bridgehead atoms. The minimum Gasteiger partial charge on any atom is -0.364 e. The Morgan fingerprint density at radius 3 is 2.88 bits per heavy atom. The van der Waals surface area contributed by atoms with Crippen LogP contribution in [0.1, 0.15) is 21.6 Å². The molecule has 132 valence electrons. The lowest BCUT2D eigenvalue weighted by Gasteiger charge is -2.18. The maximum Gasteiger partial charge on any atom is 0.256 e. The van der Waals surface area contributed by atoms with E-state index in [9.17, 15) is 9.59 Å². The first-order chi connectivity index (χ1) is 12.1. The first-order valence-corrected chi connectivity index (χ1v) is 8.13. The molecular weight excluding hydrogens is 322 g/mol. The Morgan fingerprint density at radius 2 is 2.24 bits per heavy atom. The first-order valence-electron chi connectivity index (χ1n) is 8.13. The summed E-state index contributed by atoms with van der Waals surface area (Å²) in [6, 6.07) is 3.60. The lowest BCUT2D eigenvalue weighted by atomic mass is 10.0. The molecule has 2 atom stereocenters. The van der Waals surface area contributed by atoms with Gasteiger partial charge in [-0.1, -0.05) is 11.2 Å². The number of hydrogen-bond donors (Lipinski definition) is 2. The van der Waals surface area contributed by atoms with Crippen molar-refractivity contribution >= 4 is 11.8 Å². The van der Waals surface area contributed by atoms with Crippen LogP contribution >= 0.6 is 0 Å². The number of pyridine rings is 1. The number of carbonyl (C=O) groups is 2. The predicted octanol–water partition coefficient (Wildman–Crippen LogP) is 0.354. The van der Waals surface area contributed by atoms with Crippen LogP contribution in [0.15, 0.2) is 35.3 Å². The van der Waals surface area contributed by atoms with Gasteiger partial charge in [0.05, 0.1) is 17.7 Å². The predicted molar refractivity (Wildman–Crippen MR) is 89.6 cm³/mol. The van der Waals surface area contributed by atoms with Gasteiger partial charge >= 0.3 is 0 Å². The number of hydrogen-bond acceptors (Lipinski definition) is 6. The Balaban J connectivity index is 1.70. The smallest absolute Gasteiger partial charge is 0.256 e. The molecule has 1 saturated heterocycles. The van der Waals surface area contributed by atoms with Gasteiger partial charge in [-0.2, -0.15) is 0 Å². The van der Waals surface area contributed by atoms with Crippen LogP contribution in [0.4, 0.5) is 0 Å². The average molecular weight is 343 g/mol. The van der Waals surface area contributed by atoms with Gasteiger partial charge in [0.2, 0.25) is 5.91 Å². The van der Waals surface area contributed by atoms with Gasteiger partial charge < -0.3 is 15.2 Å². The van der Waals surface area contributed by atoms with Crippen LogP contribution in [-0.2, 0) is 11.3 Å². The van der Waals surface area contributed by atoms with Gasteiger partial charge in [-0.15, -0.1) is 0 Å². The summed E-state index contributed by atoms with van der Waals surface area (Å²) in [5, 5.41) is 9.35. The zero-order chi connectivity index (χ0) is 17.8. The van der Waals surface area contributed by atoms with Crippen LogP contribution in [0, 0.1) is 12.8 Å². The molecule has 8 nitrogen and oxygen atoms in total. The SMILES string of the molecule is CNC(=O)[C@H]1CN(Cc2cccnc2)C[C@@H]1NC(=O)c1conc1C. The van der Waals surface area contributed by atoms with E-state index in [0.29, 0.717) is 30.9 Å². The summed E-state index contributed by atoms with van der Waals surface area (Å²) < 4.78 is 4.82. The maximum atomic E-state index is 12.4. The number of likely N-dealkylation sites (tertiary alicyclic amines) is 1. The first kappa shape index (κ1) is 17.1. The van der Waals surface area contributed by atoms with E-state index in [1.54, 1.807) is 26.4 Å². The summed E-state index contributed by atoms with van der Waals surface area (Å²) >= 11 is 0.